The Kier molecular flexibility index (Phi) is 4.04. The minimum atomic E-state index is -0.122. The molecule has 1 saturated heterocycles. The second kappa shape index (κ2) is 5.98. The van der Waals surface area contributed by atoms with Crippen molar-refractivity contribution in [3.8, 4) is 0 Å². The topological polar surface area (TPSA) is 90.1 Å². The van der Waals surface area contributed by atoms with E-state index in [4.69, 9.17) is 0 Å². The molecule has 0 spiro atoms. The summed E-state index contributed by atoms with van der Waals surface area (Å²) in [7, 11) is 0. The lowest BCUT2D eigenvalue weighted by molar-refractivity contribution is 0.0783. The molecule has 0 aromatic carbocycles. The van der Waals surface area contributed by atoms with Crippen LogP contribution < -0.4 is 10.6 Å². The van der Waals surface area contributed by atoms with Gasteiger partial charge in [-0.05, 0) is 31.2 Å². The fourth-order valence-corrected chi connectivity index (χ4v) is 2.61. The van der Waals surface area contributed by atoms with E-state index in [1.165, 1.54) is 0 Å². The van der Waals surface area contributed by atoms with Crippen LogP contribution in [0.2, 0.25) is 0 Å². The van der Waals surface area contributed by atoms with Crippen molar-refractivity contribution in [1.29, 1.82) is 0 Å². The van der Waals surface area contributed by atoms with Crippen LogP contribution in [-0.4, -0.2) is 52.2 Å². The standard InChI is InChI=1S/C15H23N5O2/c1-9(2)12-7-13(19-18-12)14(21)20-6-5-11(8-20)17-15(22)16-10-3-4-10/h7,9-11H,3-6,8H2,1-2H3,(H,18,19)(H2,16,17,22)/t11-/m1/s1. The minimum absolute atomic E-state index is 0.0196. The third-order valence-electron chi connectivity index (χ3n) is 4.16. The fraction of sp³-hybridized carbons (Fsp3) is 0.667. The average Bonchev–Trinajstić information content (AvgIpc) is 2.98. The van der Waals surface area contributed by atoms with Gasteiger partial charge in [0.05, 0.1) is 0 Å². The van der Waals surface area contributed by atoms with E-state index in [1.54, 1.807) is 4.90 Å². The molecule has 22 heavy (non-hydrogen) atoms. The quantitative estimate of drug-likeness (QED) is 0.781. The van der Waals surface area contributed by atoms with Crippen LogP contribution in [0.4, 0.5) is 4.79 Å². The fourth-order valence-electron chi connectivity index (χ4n) is 2.61. The Morgan fingerprint density at radius 1 is 1.27 bits per heavy atom. The van der Waals surface area contributed by atoms with Gasteiger partial charge in [0.2, 0.25) is 0 Å². The van der Waals surface area contributed by atoms with Gasteiger partial charge in [0.1, 0.15) is 5.69 Å². The van der Waals surface area contributed by atoms with E-state index in [0.717, 1.165) is 25.0 Å². The monoisotopic (exact) mass is 305 g/mol. The molecular formula is C15H23N5O2. The SMILES string of the molecule is CC(C)c1cc(C(=O)N2CC[C@@H](NC(=O)NC3CC3)C2)n[nH]1. The number of nitrogens with one attached hydrogen (secondary N) is 3. The van der Waals surface area contributed by atoms with E-state index in [1.807, 2.05) is 6.07 Å². The van der Waals surface area contributed by atoms with Crippen LogP contribution >= 0.6 is 0 Å². The highest BCUT2D eigenvalue weighted by molar-refractivity contribution is 5.92. The maximum atomic E-state index is 12.4. The van der Waals surface area contributed by atoms with E-state index < -0.39 is 0 Å². The molecule has 1 saturated carbocycles. The smallest absolute Gasteiger partial charge is 0.315 e. The molecule has 3 rings (SSSR count). The molecule has 1 aliphatic heterocycles. The Labute approximate surface area is 129 Å². The molecule has 1 atom stereocenters. The summed E-state index contributed by atoms with van der Waals surface area (Å²) < 4.78 is 0. The second-order valence-corrected chi connectivity index (χ2v) is 6.49. The molecular weight excluding hydrogens is 282 g/mol. The highest BCUT2D eigenvalue weighted by Gasteiger charge is 2.30. The summed E-state index contributed by atoms with van der Waals surface area (Å²) in [5.41, 5.74) is 1.41. The van der Waals surface area contributed by atoms with Crippen molar-refractivity contribution in [1.82, 2.24) is 25.7 Å². The summed E-state index contributed by atoms with van der Waals surface area (Å²) >= 11 is 0. The lowest BCUT2D eigenvalue weighted by Crippen LogP contribution is -2.44. The Bertz CT molecular complexity index is 564. The van der Waals surface area contributed by atoms with Crippen LogP contribution in [0.3, 0.4) is 0 Å². The van der Waals surface area contributed by atoms with E-state index in [9.17, 15) is 9.59 Å². The number of carbonyl (C=O) groups excluding carboxylic acids is 2. The number of carbonyl (C=O) groups is 2. The summed E-state index contributed by atoms with van der Waals surface area (Å²) in [6, 6.07) is 2.06. The van der Waals surface area contributed by atoms with Crippen LogP contribution in [-0.2, 0) is 0 Å². The van der Waals surface area contributed by atoms with E-state index in [2.05, 4.69) is 34.7 Å². The zero-order valence-electron chi connectivity index (χ0n) is 13.1. The van der Waals surface area contributed by atoms with Crippen molar-refractivity contribution < 1.29 is 9.59 Å². The number of aromatic nitrogens is 2. The van der Waals surface area contributed by atoms with Crippen LogP contribution in [0.15, 0.2) is 6.07 Å². The molecule has 2 heterocycles. The number of rotatable bonds is 4. The van der Waals surface area contributed by atoms with Gasteiger partial charge in [0, 0.05) is 30.9 Å². The number of likely N-dealkylation sites (tertiary alicyclic amines) is 1. The molecule has 2 aliphatic rings. The van der Waals surface area contributed by atoms with Gasteiger partial charge in [-0.15, -0.1) is 0 Å². The first kappa shape index (κ1) is 14.9. The molecule has 120 valence electrons. The van der Waals surface area contributed by atoms with Crippen molar-refractivity contribution in [2.75, 3.05) is 13.1 Å². The maximum absolute atomic E-state index is 12.4. The van der Waals surface area contributed by atoms with E-state index in [-0.39, 0.29) is 18.0 Å². The predicted molar refractivity (Wildman–Crippen MR) is 81.7 cm³/mol. The van der Waals surface area contributed by atoms with Crippen LogP contribution in [0.25, 0.3) is 0 Å². The third-order valence-corrected chi connectivity index (χ3v) is 4.16. The minimum Gasteiger partial charge on any atom is -0.335 e. The van der Waals surface area contributed by atoms with Crippen LogP contribution in [0.5, 0.6) is 0 Å². The highest BCUT2D eigenvalue weighted by atomic mass is 16.2. The Balaban J connectivity index is 1.52. The number of nitrogens with zero attached hydrogens (tertiary/aromatic N) is 2. The molecule has 0 radical (unpaired) electrons. The number of H-pyrrole nitrogens is 1. The number of amides is 3. The second-order valence-electron chi connectivity index (χ2n) is 6.49. The summed E-state index contributed by atoms with van der Waals surface area (Å²) in [5.74, 6) is 0.239. The van der Waals surface area contributed by atoms with Gasteiger partial charge in [-0.1, -0.05) is 13.8 Å². The lowest BCUT2D eigenvalue weighted by Gasteiger charge is -2.16. The van der Waals surface area contributed by atoms with Gasteiger partial charge < -0.3 is 15.5 Å². The van der Waals surface area contributed by atoms with Crippen molar-refractivity contribution in [3.63, 3.8) is 0 Å². The van der Waals surface area contributed by atoms with Crippen LogP contribution in [0, 0.1) is 0 Å². The average molecular weight is 305 g/mol. The Morgan fingerprint density at radius 2 is 2.00 bits per heavy atom. The Morgan fingerprint density at radius 3 is 2.64 bits per heavy atom. The lowest BCUT2D eigenvalue weighted by atomic mass is 10.1. The van der Waals surface area contributed by atoms with Crippen molar-refractivity contribution in [3.05, 3.63) is 17.5 Å². The highest BCUT2D eigenvalue weighted by Crippen LogP contribution is 2.19. The molecule has 2 fully saturated rings. The van der Waals surface area contributed by atoms with Crippen LogP contribution in [0.1, 0.15) is 55.2 Å². The zero-order valence-corrected chi connectivity index (χ0v) is 13.1. The van der Waals surface area contributed by atoms with Crippen molar-refractivity contribution in [2.24, 2.45) is 0 Å². The van der Waals surface area contributed by atoms with E-state index >= 15 is 0 Å². The molecule has 0 unspecified atom stereocenters. The van der Waals surface area contributed by atoms with Gasteiger partial charge in [0.25, 0.3) is 5.91 Å². The molecule has 7 heteroatoms. The molecule has 0 bridgehead atoms. The van der Waals surface area contributed by atoms with E-state index in [0.29, 0.717) is 30.7 Å². The summed E-state index contributed by atoms with van der Waals surface area (Å²) in [6.07, 6.45) is 2.92. The first-order valence-electron chi connectivity index (χ1n) is 7.94. The third kappa shape index (κ3) is 3.40. The van der Waals surface area contributed by atoms with Gasteiger partial charge >= 0.3 is 6.03 Å². The summed E-state index contributed by atoms with van der Waals surface area (Å²) in [5, 5.41) is 12.8. The molecule has 1 aromatic rings. The number of urea groups is 1. The van der Waals surface area contributed by atoms with Crippen molar-refractivity contribution >= 4 is 11.9 Å². The number of aromatic amines is 1. The molecule has 3 amide bonds. The first-order valence-corrected chi connectivity index (χ1v) is 7.94. The largest absolute Gasteiger partial charge is 0.335 e. The normalized spacial score (nSPS) is 21.2. The molecule has 7 nitrogen and oxygen atoms in total. The van der Waals surface area contributed by atoms with Gasteiger partial charge in [-0.2, -0.15) is 5.10 Å². The number of hydrogen-bond acceptors (Lipinski definition) is 3. The summed E-state index contributed by atoms with van der Waals surface area (Å²) in [6.45, 7) is 5.30. The van der Waals surface area contributed by atoms with Gasteiger partial charge in [0.15, 0.2) is 0 Å². The zero-order chi connectivity index (χ0) is 15.7. The maximum Gasteiger partial charge on any atom is 0.315 e. The van der Waals surface area contributed by atoms with Gasteiger partial charge in [-0.3, -0.25) is 9.89 Å². The number of hydrogen-bond donors (Lipinski definition) is 3. The molecule has 3 N–H and O–H groups in total. The van der Waals surface area contributed by atoms with Gasteiger partial charge in [-0.25, -0.2) is 4.79 Å². The Hall–Kier alpha value is -2.05. The molecule has 1 aliphatic carbocycles. The molecule has 1 aromatic heterocycles. The predicted octanol–water partition coefficient (Wildman–Crippen LogP) is 1.21. The summed E-state index contributed by atoms with van der Waals surface area (Å²) in [4.78, 5) is 25.9. The first-order chi connectivity index (χ1) is 10.5. The van der Waals surface area contributed by atoms with Crippen molar-refractivity contribution in [2.45, 2.75) is 51.1 Å².